The number of amides is 1. The van der Waals surface area contributed by atoms with Crippen molar-refractivity contribution in [3.63, 3.8) is 0 Å². The zero-order valence-corrected chi connectivity index (χ0v) is 22.1. The fourth-order valence-corrected chi connectivity index (χ4v) is 6.37. The van der Waals surface area contributed by atoms with Crippen molar-refractivity contribution < 1.29 is 32.9 Å². The number of rotatable bonds is 6. The van der Waals surface area contributed by atoms with Gasteiger partial charge in [-0.05, 0) is 24.6 Å². The fraction of sp³-hybridized carbons (Fsp3) is 0.346. The number of methoxy groups -OCH3 is 1. The molecule has 1 fully saturated rings. The predicted octanol–water partition coefficient (Wildman–Crippen LogP) is 4.27. The van der Waals surface area contributed by atoms with Gasteiger partial charge in [-0.1, -0.05) is 0 Å². The highest BCUT2D eigenvalue weighted by Crippen LogP contribution is 2.45. The molecule has 0 bridgehead atoms. The van der Waals surface area contributed by atoms with Crippen LogP contribution in [0.5, 0.6) is 6.01 Å². The minimum absolute atomic E-state index is 0.00397. The summed E-state index contributed by atoms with van der Waals surface area (Å²) in [6.45, 7) is 1.27. The van der Waals surface area contributed by atoms with Gasteiger partial charge in [-0.15, -0.1) is 11.3 Å². The molecule has 5 heterocycles. The van der Waals surface area contributed by atoms with Crippen molar-refractivity contribution in [1.29, 1.82) is 5.26 Å². The number of nitrogens with one attached hydrogen (secondary N) is 1. The highest BCUT2D eigenvalue weighted by molar-refractivity contribution is 7.23. The van der Waals surface area contributed by atoms with E-state index in [1.807, 2.05) is 13.1 Å². The number of hydrogen-bond acceptors (Lipinski definition) is 10. The van der Waals surface area contributed by atoms with E-state index in [2.05, 4.69) is 25.2 Å². The minimum atomic E-state index is -1.42. The number of likely N-dealkylation sites (N-methyl/N-ethyl adjacent to an activating group) is 1. The third-order valence-corrected chi connectivity index (χ3v) is 8.42. The molecule has 1 aromatic carbocycles. The van der Waals surface area contributed by atoms with E-state index in [0.717, 1.165) is 30.5 Å². The quantitative estimate of drug-likeness (QED) is 0.346. The van der Waals surface area contributed by atoms with Crippen LogP contribution < -0.4 is 10.1 Å². The molecule has 0 radical (unpaired) electrons. The number of nitrogens with zero attached hydrogens (tertiary/aromatic N) is 5. The molecule has 0 spiro atoms. The van der Waals surface area contributed by atoms with Gasteiger partial charge in [-0.2, -0.15) is 10.2 Å². The molecule has 4 aromatic rings. The number of halogens is 2. The standard InChI is InChI=1S/C26H22F2N6O5S/c1-34-7-12(37-2)3-11(34)8-39-25-31-5-14-15-9-38-10-16(15)18(20(28)21(14)32-25)22-19-13(4-29)24(33-26(35)36)40-23(19)17(27)6-30-22/h5-6,11-12,33H,3,7-10H2,1-2H3,(H,35,36)/t11-,12+/m0/s1. The lowest BCUT2D eigenvalue weighted by Gasteiger charge is -2.18. The maximum absolute atomic E-state index is 16.4. The second-order valence-corrected chi connectivity index (χ2v) is 10.6. The number of ether oxygens (including phenoxy) is 3. The van der Waals surface area contributed by atoms with E-state index in [-0.39, 0.29) is 75.4 Å². The number of nitriles is 1. The van der Waals surface area contributed by atoms with Crippen LogP contribution in [0.4, 0.5) is 18.6 Å². The number of aromatic nitrogens is 3. The van der Waals surface area contributed by atoms with Crippen molar-refractivity contribution in [1.82, 2.24) is 19.9 Å². The molecular formula is C26H22F2N6O5S. The summed E-state index contributed by atoms with van der Waals surface area (Å²) < 4.78 is 48.1. The first-order chi connectivity index (χ1) is 19.3. The van der Waals surface area contributed by atoms with Gasteiger partial charge in [0.1, 0.15) is 23.2 Å². The van der Waals surface area contributed by atoms with E-state index in [9.17, 15) is 19.6 Å². The van der Waals surface area contributed by atoms with Crippen LogP contribution in [-0.4, -0.2) is 70.5 Å². The summed E-state index contributed by atoms with van der Waals surface area (Å²) in [6.07, 6.45) is 1.86. The summed E-state index contributed by atoms with van der Waals surface area (Å²) in [7, 11) is 3.64. The number of likely N-dealkylation sites (tertiary alicyclic amines) is 1. The third-order valence-electron chi connectivity index (χ3n) is 7.30. The van der Waals surface area contributed by atoms with Gasteiger partial charge in [0.25, 0.3) is 0 Å². The summed E-state index contributed by atoms with van der Waals surface area (Å²) >= 11 is 0.736. The summed E-state index contributed by atoms with van der Waals surface area (Å²) in [5.74, 6) is -1.52. The normalized spacial score (nSPS) is 18.8. The number of benzene rings is 1. The first kappa shape index (κ1) is 26.2. The van der Waals surface area contributed by atoms with Crippen LogP contribution in [0, 0.1) is 23.0 Å². The Morgan fingerprint density at radius 1 is 1.32 bits per heavy atom. The molecular weight excluding hydrogens is 546 g/mol. The molecule has 2 aliphatic heterocycles. The number of fused-ring (bicyclic) bond motifs is 4. The van der Waals surface area contributed by atoms with E-state index in [4.69, 9.17) is 14.2 Å². The monoisotopic (exact) mass is 568 g/mol. The Morgan fingerprint density at radius 2 is 2.12 bits per heavy atom. The Labute approximate surface area is 229 Å². The van der Waals surface area contributed by atoms with E-state index >= 15 is 4.39 Å². The number of anilines is 1. The van der Waals surface area contributed by atoms with Gasteiger partial charge in [0.15, 0.2) is 11.6 Å². The molecule has 2 N–H and O–H groups in total. The number of thiophene rings is 1. The van der Waals surface area contributed by atoms with Gasteiger partial charge in [-0.25, -0.2) is 18.6 Å². The Kier molecular flexibility index (Phi) is 6.67. The molecule has 0 aliphatic carbocycles. The Balaban J connectivity index is 1.49. The van der Waals surface area contributed by atoms with Gasteiger partial charge in [-0.3, -0.25) is 15.2 Å². The maximum atomic E-state index is 16.4. The van der Waals surface area contributed by atoms with E-state index in [1.165, 1.54) is 6.20 Å². The van der Waals surface area contributed by atoms with Crippen molar-refractivity contribution in [3.8, 4) is 23.3 Å². The summed E-state index contributed by atoms with van der Waals surface area (Å²) in [6, 6.07) is 1.98. The van der Waals surface area contributed by atoms with E-state index < -0.39 is 17.7 Å². The van der Waals surface area contributed by atoms with Crippen LogP contribution in [0.1, 0.15) is 23.1 Å². The summed E-state index contributed by atoms with van der Waals surface area (Å²) in [4.78, 5) is 26.3. The molecule has 0 saturated carbocycles. The zero-order chi connectivity index (χ0) is 28.1. The van der Waals surface area contributed by atoms with Crippen molar-refractivity contribution >= 4 is 43.4 Å². The lowest BCUT2D eigenvalue weighted by atomic mass is 9.94. The second-order valence-electron chi connectivity index (χ2n) is 9.56. The van der Waals surface area contributed by atoms with E-state index in [1.54, 1.807) is 7.11 Å². The SMILES string of the molecule is CO[C@@H]1C[C@@H](COc2ncc3c4c(c(-c5ncc(F)c6sc(NC(=O)O)c(C#N)c56)c(F)c3n2)COC4)N(C)C1. The van der Waals surface area contributed by atoms with Crippen LogP contribution in [0.2, 0.25) is 0 Å². The maximum Gasteiger partial charge on any atom is 0.409 e. The molecule has 206 valence electrons. The smallest absolute Gasteiger partial charge is 0.409 e. The molecule has 2 aliphatic rings. The van der Waals surface area contributed by atoms with Gasteiger partial charge < -0.3 is 19.3 Å². The topological polar surface area (TPSA) is 143 Å². The molecule has 3 aromatic heterocycles. The van der Waals surface area contributed by atoms with Crippen LogP contribution in [0.25, 0.3) is 32.2 Å². The van der Waals surface area contributed by atoms with E-state index in [0.29, 0.717) is 16.5 Å². The second kappa shape index (κ2) is 10.2. The van der Waals surface area contributed by atoms with Gasteiger partial charge in [0.2, 0.25) is 0 Å². The largest absolute Gasteiger partial charge is 0.465 e. The van der Waals surface area contributed by atoms with Gasteiger partial charge in [0.05, 0.1) is 41.5 Å². The Hall–Kier alpha value is -4.03. The summed E-state index contributed by atoms with van der Waals surface area (Å²) in [5.41, 5.74) is 0.929. The molecule has 0 unspecified atom stereocenters. The number of hydrogen-bond donors (Lipinski definition) is 2. The van der Waals surface area contributed by atoms with Crippen molar-refractivity contribution in [2.75, 3.05) is 32.6 Å². The Bertz CT molecular complexity index is 1720. The first-order valence-corrected chi connectivity index (χ1v) is 13.1. The van der Waals surface area contributed by atoms with Gasteiger partial charge >= 0.3 is 12.1 Å². The van der Waals surface area contributed by atoms with Crippen molar-refractivity contribution in [3.05, 3.63) is 40.7 Å². The molecule has 1 amide bonds. The van der Waals surface area contributed by atoms with Crippen LogP contribution in [0.15, 0.2) is 12.4 Å². The molecule has 6 rings (SSSR count). The van der Waals surface area contributed by atoms with Crippen molar-refractivity contribution in [2.24, 2.45) is 0 Å². The molecule has 2 atom stereocenters. The highest BCUT2D eigenvalue weighted by Gasteiger charge is 2.32. The lowest BCUT2D eigenvalue weighted by molar-refractivity contribution is 0.111. The fourth-order valence-electron chi connectivity index (χ4n) is 5.33. The van der Waals surface area contributed by atoms with Crippen LogP contribution >= 0.6 is 11.3 Å². The lowest BCUT2D eigenvalue weighted by Crippen LogP contribution is -2.31. The molecule has 14 heteroatoms. The summed E-state index contributed by atoms with van der Waals surface area (Å²) in [5, 5.41) is 21.5. The zero-order valence-electron chi connectivity index (χ0n) is 21.3. The first-order valence-electron chi connectivity index (χ1n) is 12.3. The third kappa shape index (κ3) is 4.27. The van der Waals surface area contributed by atoms with Gasteiger partial charge in [0, 0.05) is 42.2 Å². The average Bonchev–Trinajstić information content (AvgIpc) is 3.65. The number of carbonyl (C=O) groups is 1. The number of pyridine rings is 1. The molecule has 11 nitrogen and oxygen atoms in total. The van der Waals surface area contributed by atoms with Crippen LogP contribution in [-0.2, 0) is 22.7 Å². The highest BCUT2D eigenvalue weighted by atomic mass is 32.1. The minimum Gasteiger partial charge on any atom is -0.465 e. The Morgan fingerprint density at radius 3 is 2.85 bits per heavy atom. The molecule has 1 saturated heterocycles. The average molecular weight is 569 g/mol. The van der Waals surface area contributed by atoms with Crippen molar-refractivity contribution in [2.45, 2.75) is 31.8 Å². The number of carboxylic acid groups (broad SMARTS) is 1. The van der Waals surface area contributed by atoms with Crippen LogP contribution in [0.3, 0.4) is 0 Å². The predicted molar refractivity (Wildman–Crippen MR) is 140 cm³/mol. The molecule has 40 heavy (non-hydrogen) atoms.